The maximum atomic E-state index is 12.7. The van der Waals surface area contributed by atoms with E-state index in [0.717, 1.165) is 29.7 Å². The van der Waals surface area contributed by atoms with Crippen molar-refractivity contribution in [1.82, 2.24) is 15.1 Å². The van der Waals surface area contributed by atoms with Gasteiger partial charge in [0.1, 0.15) is 12.3 Å². The Morgan fingerprint density at radius 3 is 2.69 bits per heavy atom. The summed E-state index contributed by atoms with van der Waals surface area (Å²) in [5, 5.41) is 16.5. The van der Waals surface area contributed by atoms with Crippen LogP contribution in [0.3, 0.4) is 0 Å². The number of carboxylic acids is 1. The maximum absolute atomic E-state index is 12.7. The van der Waals surface area contributed by atoms with Gasteiger partial charge in [0.2, 0.25) is 0 Å². The number of hydrogen-bond donors (Lipinski definition) is 2. The summed E-state index contributed by atoms with van der Waals surface area (Å²) in [5.74, 6) is 0.320. The number of amides is 1. The highest BCUT2D eigenvalue weighted by Gasteiger charge is 2.28. The summed E-state index contributed by atoms with van der Waals surface area (Å²) >= 11 is 0. The Hall–Kier alpha value is -3.81. The van der Waals surface area contributed by atoms with Crippen molar-refractivity contribution in [2.75, 3.05) is 7.11 Å². The Balaban J connectivity index is 1.43. The number of methoxy groups -OCH3 is 1. The number of ether oxygens (including phenoxy) is 2. The smallest absolute Gasteiger partial charge is 0.335 e. The summed E-state index contributed by atoms with van der Waals surface area (Å²) in [6.45, 7) is 0.448. The first-order chi connectivity index (χ1) is 15.5. The number of aromatic carboxylic acids is 1. The second-order valence-corrected chi connectivity index (χ2v) is 7.78. The van der Waals surface area contributed by atoms with Gasteiger partial charge in [-0.1, -0.05) is 24.3 Å². The van der Waals surface area contributed by atoms with Gasteiger partial charge in [0, 0.05) is 25.1 Å². The molecule has 0 aliphatic heterocycles. The summed E-state index contributed by atoms with van der Waals surface area (Å²) in [7, 11) is 3.32. The lowest BCUT2D eigenvalue weighted by molar-refractivity contribution is 0.0696. The predicted octanol–water partition coefficient (Wildman–Crippen LogP) is 3.51. The molecule has 32 heavy (non-hydrogen) atoms. The molecule has 1 saturated carbocycles. The van der Waals surface area contributed by atoms with E-state index in [-0.39, 0.29) is 24.6 Å². The second-order valence-electron chi connectivity index (χ2n) is 7.78. The zero-order valence-corrected chi connectivity index (χ0v) is 18.0. The number of rotatable bonds is 9. The van der Waals surface area contributed by atoms with Gasteiger partial charge in [-0.25, -0.2) is 4.79 Å². The van der Waals surface area contributed by atoms with Crippen LogP contribution in [-0.2, 0) is 20.2 Å². The quantitative estimate of drug-likeness (QED) is 0.533. The number of para-hydroxylation sites is 1. The van der Waals surface area contributed by atoms with E-state index in [1.54, 1.807) is 43.1 Å². The monoisotopic (exact) mass is 435 g/mol. The summed E-state index contributed by atoms with van der Waals surface area (Å²) < 4.78 is 13.1. The van der Waals surface area contributed by atoms with Crippen LogP contribution < -0.4 is 14.8 Å². The zero-order valence-electron chi connectivity index (χ0n) is 18.0. The van der Waals surface area contributed by atoms with E-state index in [2.05, 4.69) is 10.4 Å². The van der Waals surface area contributed by atoms with Gasteiger partial charge in [0.25, 0.3) is 5.91 Å². The van der Waals surface area contributed by atoms with E-state index in [9.17, 15) is 9.59 Å². The van der Waals surface area contributed by atoms with E-state index >= 15 is 0 Å². The average molecular weight is 435 g/mol. The van der Waals surface area contributed by atoms with Crippen LogP contribution in [0.4, 0.5) is 0 Å². The molecule has 4 rings (SSSR count). The minimum absolute atomic E-state index is 0.187. The molecule has 0 saturated heterocycles. The number of nitrogens with zero attached hydrogens (tertiary/aromatic N) is 2. The lowest BCUT2D eigenvalue weighted by Crippen LogP contribution is -2.25. The van der Waals surface area contributed by atoms with Crippen LogP contribution >= 0.6 is 0 Å². The number of aromatic nitrogens is 2. The van der Waals surface area contributed by atoms with E-state index < -0.39 is 5.97 Å². The molecule has 0 radical (unpaired) electrons. The molecule has 2 N–H and O–H groups in total. The predicted molar refractivity (Wildman–Crippen MR) is 117 cm³/mol. The standard InChI is InChI=1S/C24H25N3O5/c1-27-20(12-19(26-27)16-9-10-16)23(28)25-13-18-7-4-8-21(22(18)31-2)32-14-15-5-3-6-17(11-15)24(29)30/h3-8,11-12,16H,9-10,13-14H2,1-2H3,(H,25,28)(H,29,30). The number of carbonyl (C=O) groups is 2. The Labute approximate surface area is 185 Å². The number of hydrogen-bond acceptors (Lipinski definition) is 5. The first-order valence-corrected chi connectivity index (χ1v) is 10.4. The highest BCUT2D eigenvalue weighted by Crippen LogP contribution is 2.39. The third-order valence-corrected chi connectivity index (χ3v) is 5.40. The third kappa shape index (κ3) is 4.74. The molecule has 8 heteroatoms. The van der Waals surface area contributed by atoms with Crippen LogP contribution in [0, 0.1) is 0 Å². The molecular formula is C24H25N3O5. The van der Waals surface area contributed by atoms with Gasteiger partial charge in [0.05, 0.1) is 18.4 Å². The van der Waals surface area contributed by atoms with Crippen LogP contribution in [0.1, 0.15) is 56.4 Å². The SMILES string of the molecule is COc1c(CNC(=O)c2cc(C3CC3)nn2C)cccc1OCc1cccc(C(=O)O)c1. The van der Waals surface area contributed by atoms with Gasteiger partial charge >= 0.3 is 5.97 Å². The molecule has 0 unspecified atom stereocenters. The summed E-state index contributed by atoms with van der Waals surface area (Å²) in [6.07, 6.45) is 2.26. The molecule has 1 aromatic heterocycles. The minimum atomic E-state index is -0.986. The minimum Gasteiger partial charge on any atom is -0.493 e. The molecule has 0 bridgehead atoms. The molecular weight excluding hydrogens is 410 g/mol. The first-order valence-electron chi connectivity index (χ1n) is 10.4. The Kier molecular flexibility index (Phi) is 6.11. The molecule has 1 heterocycles. The highest BCUT2D eigenvalue weighted by molar-refractivity contribution is 5.92. The average Bonchev–Trinajstić information content (AvgIpc) is 3.57. The van der Waals surface area contributed by atoms with Crippen LogP contribution in [-0.4, -0.2) is 33.9 Å². The molecule has 1 aliphatic rings. The van der Waals surface area contributed by atoms with Crippen molar-refractivity contribution in [2.24, 2.45) is 7.05 Å². The molecule has 1 amide bonds. The fraction of sp³-hybridized carbons (Fsp3) is 0.292. The number of aryl methyl sites for hydroxylation is 1. The largest absolute Gasteiger partial charge is 0.493 e. The van der Waals surface area contributed by atoms with Gasteiger partial charge in [-0.05, 0) is 42.7 Å². The number of carbonyl (C=O) groups excluding carboxylic acids is 1. The van der Waals surface area contributed by atoms with Crippen molar-refractivity contribution < 1.29 is 24.2 Å². The molecule has 8 nitrogen and oxygen atoms in total. The van der Waals surface area contributed by atoms with Crippen LogP contribution in [0.2, 0.25) is 0 Å². The highest BCUT2D eigenvalue weighted by atomic mass is 16.5. The number of benzene rings is 2. The van der Waals surface area contributed by atoms with Crippen LogP contribution in [0.25, 0.3) is 0 Å². The normalized spacial score (nSPS) is 12.9. The molecule has 3 aromatic rings. The first kappa shape index (κ1) is 21.4. The van der Waals surface area contributed by atoms with Crippen molar-refractivity contribution in [2.45, 2.75) is 31.9 Å². The lowest BCUT2D eigenvalue weighted by atomic mass is 10.1. The second kappa shape index (κ2) is 9.13. The summed E-state index contributed by atoms with van der Waals surface area (Å²) in [6, 6.07) is 13.9. The van der Waals surface area contributed by atoms with Crippen molar-refractivity contribution >= 4 is 11.9 Å². The third-order valence-electron chi connectivity index (χ3n) is 5.40. The fourth-order valence-electron chi connectivity index (χ4n) is 3.55. The summed E-state index contributed by atoms with van der Waals surface area (Å²) in [5.41, 5.74) is 3.19. The van der Waals surface area contributed by atoms with Crippen molar-refractivity contribution in [3.63, 3.8) is 0 Å². The summed E-state index contributed by atoms with van der Waals surface area (Å²) in [4.78, 5) is 23.8. The number of carboxylic acid groups (broad SMARTS) is 1. The lowest BCUT2D eigenvalue weighted by Gasteiger charge is -2.15. The maximum Gasteiger partial charge on any atom is 0.335 e. The zero-order chi connectivity index (χ0) is 22.7. The molecule has 2 aromatic carbocycles. The van der Waals surface area contributed by atoms with Crippen LogP contribution in [0.15, 0.2) is 48.5 Å². The van der Waals surface area contributed by atoms with Gasteiger partial charge in [0.15, 0.2) is 11.5 Å². The molecule has 1 fully saturated rings. The topological polar surface area (TPSA) is 103 Å². The van der Waals surface area contributed by atoms with Gasteiger partial charge < -0.3 is 19.9 Å². The number of nitrogens with one attached hydrogen (secondary N) is 1. The van der Waals surface area contributed by atoms with E-state index in [4.69, 9.17) is 14.6 Å². The van der Waals surface area contributed by atoms with E-state index in [0.29, 0.717) is 23.1 Å². The van der Waals surface area contributed by atoms with E-state index in [1.165, 1.54) is 6.07 Å². The molecule has 166 valence electrons. The fourth-order valence-corrected chi connectivity index (χ4v) is 3.55. The molecule has 1 aliphatic carbocycles. The Morgan fingerprint density at radius 1 is 1.19 bits per heavy atom. The molecule has 0 atom stereocenters. The Bertz CT molecular complexity index is 1150. The van der Waals surface area contributed by atoms with E-state index in [1.807, 2.05) is 18.2 Å². The van der Waals surface area contributed by atoms with Crippen molar-refractivity contribution in [3.05, 3.63) is 76.6 Å². The Morgan fingerprint density at radius 2 is 1.97 bits per heavy atom. The van der Waals surface area contributed by atoms with Crippen molar-refractivity contribution in [3.8, 4) is 11.5 Å². The van der Waals surface area contributed by atoms with Gasteiger partial charge in [-0.2, -0.15) is 5.10 Å². The van der Waals surface area contributed by atoms with Crippen LogP contribution in [0.5, 0.6) is 11.5 Å². The molecule has 0 spiro atoms. The van der Waals surface area contributed by atoms with Crippen molar-refractivity contribution in [1.29, 1.82) is 0 Å². The van der Waals surface area contributed by atoms with Gasteiger partial charge in [-0.3, -0.25) is 9.48 Å². The van der Waals surface area contributed by atoms with Gasteiger partial charge in [-0.15, -0.1) is 0 Å².